The molecule has 150 valence electrons. The summed E-state index contributed by atoms with van der Waals surface area (Å²) >= 11 is 0. The van der Waals surface area contributed by atoms with Crippen LogP contribution in [0.2, 0.25) is 0 Å². The summed E-state index contributed by atoms with van der Waals surface area (Å²) in [6.07, 6.45) is 3.93. The van der Waals surface area contributed by atoms with E-state index in [9.17, 15) is 14.7 Å². The van der Waals surface area contributed by atoms with Crippen LogP contribution in [0.1, 0.15) is 23.0 Å². The molecule has 3 aromatic rings. The van der Waals surface area contributed by atoms with Crippen LogP contribution in [0.5, 0.6) is 0 Å². The van der Waals surface area contributed by atoms with Crippen LogP contribution < -0.4 is 5.32 Å². The van der Waals surface area contributed by atoms with Crippen LogP contribution in [0.25, 0.3) is 0 Å². The summed E-state index contributed by atoms with van der Waals surface area (Å²) in [5.74, 6) is -3.59. The second kappa shape index (κ2) is 8.78. The van der Waals surface area contributed by atoms with Crippen LogP contribution in [-0.4, -0.2) is 17.0 Å². The zero-order valence-electron chi connectivity index (χ0n) is 16.4. The number of carboxylic acids is 1. The van der Waals surface area contributed by atoms with Gasteiger partial charge in [0.2, 0.25) is 5.91 Å². The van der Waals surface area contributed by atoms with Crippen molar-refractivity contribution in [3.05, 3.63) is 114 Å². The molecule has 4 nitrogen and oxygen atoms in total. The van der Waals surface area contributed by atoms with Crippen LogP contribution in [-0.2, 0) is 9.59 Å². The first kappa shape index (κ1) is 19.6. The van der Waals surface area contributed by atoms with Crippen molar-refractivity contribution in [1.82, 2.24) is 0 Å². The van der Waals surface area contributed by atoms with E-state index < -0.39 is 17.8 Å². The van der Waals surface area contributed by atoms with Crippen LogP contribution in [0.15, 0.2) is 103 Å². The number of benzene rings is 3. The third-order valence-electron chi connectivity index (χ3n) is 5.68. The molecule has 0 aliphatic heterocycles. The molecule has 0 aromatic heterocycles. The third kappa shape index (κ3) is 4.03. The van der Waals surface area contributed by atoms with Crippen LogP contribution in [0.4, 0.5) is 5.69 Å². The molecule has 0 saturated carbocycles. The third-order valence-corrected chi connectivity index (χ3v) is 5.68. The maximum absolute atomic E-state index is 13.4. The van der Waals surface area contributed by atoms with Crippen molar-refractivity contribution < 1.29 is 14.7 Å². The molecule has 1 amide bonds. The van der Waals surface area contributed by atoms with Gasteiger partial charge in [-0.25, -0.2) is 0 Å². The van der Waals surface area contributed by atoms with Gasteiger partial charge in [-0.1, -0.05) is 91.0 Å². The van der Waals surface area contributed by atoms with Crippen LogP contribution in [0.3, 0.4) is 0 Å². The zero-order valence-corrected chi connectivity index (χ0v) is 16.4. The van der Waals surface area contributed by atoms with E-state index in [0.717, 1.165) is 11.1 Å². The number of allylic oxidation sites excluding steroid dienone is 2. The van der Waals surface area contributed by atoms with E-state index in [-0.39, 0.29) is 17.7 Å². The molecule has 4 heteroatoms. The Bertz CT molecular complexity index is 1030. The molecule has 1 aliphatic rings. The first-order chi connectivity index (χ1) is 14.6. The Morgan fingerprint density at radius 3 is 1.53 bits per heavy atom. The average molecular weight is 397 g/mol. The Morgan fingerprint density at radius 1 is 0.633 bits per heavy atom. The fraction of sp³-hybridized carbons (Fsp3) is 0.154. The lowest BCUT2D eigenvalue weighted by atomic mass is 9.66. The van der Waals surface area contributed by atoms with E-state index in [2.05, 4.69) is 5.32 Å². The topological polar surface area (TPSA) is 66.4 Å². The van der Waals surface area contributed by atoms with Crippen molar-refractivity contribution in [3.63, 3.8) is 0 Å². The number of para-hydroxylation sites is 1. The van der Waals surface area contributed by atoms with Crippen molar-refractivity contribution in [2.75, 3.05) is 5.32 Å². The largest absolute Gasteiger partial charge is 0.481 e. The van der Waals surface area contributed by atoms with Crippen molar-refractivity contribution in [2.24, 2.45) is 11.8 Å². The first-order valence-electron chi connectivity index (χ1n) is 10.0. The maximum Gasteiger partial charge on any atom is 0.308 e. The number of amides is 1. The van der Waals surface area contributed by atoms with Gasteiger partial charge >= 0.3 is 5.97 Å². The molecular weight excluding hydrogens is 374 g/mol. The van der Waals surface area contributed by atoms with Gasteiger partial charge in [-0.2, -0.15) is 0 Å². The lowest BCUT2D eigenvalue weighted by Gasteiger charge is -2.37. The fourth-order valence-corrected chi connectivity index (χ4v) is 4.29. The van der Waals surface area contributed by atoms with E-state index in [0.29, 0.717) is 5.69 Å². The van der Waals surface area contributed by atoms with Crippen molar-refractivity contribution in [2.45, 2.75) is 11.8 Å². The number of hydrogen-bond acceptors (Lipinski definition) is 2. The molecule has 0 unspecified atom stereocenters. The minimum atomic E-state index is -0.970. The molecule has 4 atom stereocenters. The summed E-state index contributed by atoms with van der Waals surface area (Å²) in [6, 6.07) is 28.3. The quantitative estimate of drug-likeness (QED) is 0.590. The Balaban J connectivity index is 1.78. The molecule has 2 N–H and O–H groups in total. The second-order valence-corrected chi connectivity index (χ2v) is 7.50. The van der Waals surface area contributed by atoms with Gasteiger partial charge in [-0.05, 0) is 23.3 Å². The SMILES string of the molecule is O=C(O)[C@@H]1[C@H](C(=O)Nc2ccccc2)[C@H](c2ccccc2)C=C[C@@H]1c1ccccc1. The van der Waals surface area contributed by atoms with E-state index in [4.69, 9.17) is 0 Å². The van der Waals surface area contributed by atoms with Gasteiger partial charge in [0.1, 0.15) is 0 Å². The van der Waals surface area contributed by atoms with Gasteiger partial charge in [0.25, 0.3) is 0 Å². The maximum atomic E-state index is 13.4. The van der Waals surface area contributed by atoms with Gasteiger partial charge < -0.3 is 10.4 Å². The molecule has 0 bridgehead atoms. The Morgan fingerprint density at radius 2 is 1.07 bits per heavy atom. The molecule has 4 rings (SSSR count). The first-order valence-corrected chi connectivity index (χ1v) is 10.0. The van der Waals surface area contributed by atoms with E-state index in [1.807, 2.05) is 91.0 Å². The van der Waals surface area contributed by atoms with Gasteiger partial charge in [-0.3, -0.25) is 9.59 Å². The Hall–Kier alpha value is -3.66. The second-order valence-electron chi connectivity index (χ2n) is 7.50. The predicted molar refractivity (Wildman–Crippen MR) is 117 cm³/mol. The standard InChI is InChI=1S/C26H23NO3/c28-25(27-20-14-8-3-9-15-20)23-21(18-10-4-1-5-11-18)16-17-22(24(23)26(29)30)19-12-6-2-7-13-19/h1-17,21-24H,(H,27,28)(H,29,30)/t21-,22+,23+,24-/m0/s1. The number of carbonyl (C=O) groups excluding carboxylic acids is 1. The van der Waals surface area contributed by atoms with E-state index >= 15 is 0 Å². The number of aliphatic carboxylic acids is 1. The molecule has 0 spiro atoms. The summed E-state index contributed by atoms with van der Waals surface area (Å²) in [7, 11) is 0. The molecule has 0 heterocycles. The highest BCUT2D eigenvalue weighted by molar-refractivity contribution is 5.96. The number of carbonyl (C=O) groups is 2. The average Bonchev–Trinajstić information content (AvgIpc) is 2.80. The zero-order chi connectivity index (χ0) is 20.9. The number of carboxylic acid groups (broad SMARTS) is 1. The highest BCUT2D eigenvalue weighted by Crippen LogP contribution is 2.45. The summed E-state index contributed by atoms with van der Waals surface area (Å²) in [5.41, 5.74) is 2.48. The van der Waals surface area contributed by atoms with Gasteiger partial charge in [-0.15, -0.1) is 0 Å². The summed E-state index contributed by atoms with van der Waals surface area (Å²) < 4.78 is 0. The van der Waals surface area contributed by atoms with Crippen LogP contribution in [0, 0.1) is 11.8 Å². The molecular formula is C26H23NO3. The minimum absolute atomic E-state index is 0.285. The minimum Gasteiger partial charge on any atom is -0.481 e. The highest BCUT2D eigenvalue weighted by atomic mass is 16.4. The van der Waals surface area contributed by atoms with E-state index in [1.165, 1.54) is 0 Å². The number of anilines is 1. The molecule has 3 aromatic carbocycles. The van der Waals surface area contributed by atoms with Crippen LogP contribution >= 0.6 is 0 Å². The van der Waals surface area contributed by atoms with Gasteiger partial charge in [0.05, 0.1) is 11.8 Å². The molecule has 30 heavy (non-hydrogen) atoms. The lowest BCUT2D eigenvalue weighted by Crippen LogP contribution is -2.42. The smallest absolute Gasteiger partial charge is 0.308 e. The summed E-state index contributed by atoms with van der Waals surface area (Å²) in [6.45, 7) is 0. The normalized spacial score (nSPS) is 22.9. The van der Waals surface area contributed by atoms with Crippen molar-refractivity contribution >= 4 is 17.6 Å². The summed E-state index contributed by atoms with van der Waals surface area (Å²) in [5, 5.41) is 13.1. The van der Waals surface area contributed by atoms with Gasteiger partial charge in [0.15, 0.2) is 0 Å². The Kier molecular flexibility index (Phi) is 5.75. The molecule has 0 fully saturated rings. The van der Waals surface area contributed by atoms with Gasteiger partial charge in [0, 0.05) is 17.5 Å². The number of hydrogen-bond donors (Lipinski definition) is 2. The van der Waals surface area contributed by atoms with Crippen molar-refractivity contribution in [3.8, 4) is 0 Å². The lowest BCUT2D eigenvalue weighted by molar-refractivity contribution is -0.147. The number of nitrogens with one attached hydrogen (secondary N) is 1. The predicted octanol–water partition coefficient (Wildman–Crippen LogP) is 5.08. The monoisotopic (exact) mass is 397 g/mol. The van der Waals surface area contributed by atoms with E-state index in [1.54, 1.807) is 12.1 Å². The summed E-state index contributed by atoms with van der Waals surface area (Å²) in [4.78, 5) is 25.9. The molecule has 0 radical (unpaired) electrons. The fourth-order valence-electron chi connectivity index (χ4n) is 4.29. The molecule has 1 aliphatic carbocycles. The highest BCUT2D eigenvalue weighted by Gasteiger charge is 2.46. The van der Waals surface area contributed by atoms with Crippen molar-refractivity contribution in [1.29, 1.82) is 0 Å². The number of rotatable bonds is 5. The molecule has 0 saturated heterocycles. The Labute approximate surface area is 175 Å².